The standard InChI is InChI=1S/C18H15ClN4O4/c19-17(23(26)27)13-16(22(24)25)18-20(14-7-3-1-4-8-14)11-12-21(18)15-9-5-2-6-10-15/h1-10,13H,11-12H2/b17-13+. The molecule has 0 aliphatic carbocycles. The summed E-state index contributed by atoms with van der Waals surface area (Å²) in [6.07, 6.45) is 0.786. The van der Waals surface area contributed by atoms with Crippen molar-refractivity contribution in [3.05, 3.63) is 104 Å². The normalized spacial score (nSPS) is 14.4. The summed E-state index contributed by atoms with van der Waals surface area (Å²) in [5.41, 5.74) is 1.05. The first-order chi connectivity index (χ1) is 13.0. The van der Waals surface area contributed by atoms with E-state index in [-0.39, 0.29) is 5.82 Å². The van der Waals surface area contributed by atoms with Gasteiger partial charge in [-0.2, -0.15) is 0 Å². The van der Waals surface area contributed by atoms with Gasteiger partial charge in [0.25, 0.3) is 0 Å². The second-order valence-corrected chi connectivity index (χ2v) is 6.05. The molecule has 27 heavy (non-hydrogen) atoms. The minimum absolute atomic E-state index is 0.234. The molecule has 0 aromatic heterocycles. The summed E-state index contributed by atoms with van der Waals surface area (Å²) in [6, 6.07) is 18.3. The Morgan fingerprint density at radius 2 is 1.30 bits per heavy atom. The maximum atomic E-state index is 11.8. The Bertz CT molecular complexity index is 866. The fraction of sp³-hybridized carbons (Fsp3) is 0.111. The SMILES string of the molecule is O=[N+]([O-])C(/C=C(\Cl)[N+](=O)[O-])=C1N(c2ccccc2)CCN1c1ccccc1. The Balaban J connectivity index is 2.21. The molecule has 0 saturated carbocycles. The van der Waals surface area contributed by atoms with E-state index in [1.165, 1.54) is 0 Å². The van der Waals surface area contributed by atoms with E-state index in [2.05, 4.69) is 0 Å². The summed E-state index contributed by atoms with van der Waals surface area (Å²) in [7, 11) is 0. The Hall–Kier alpha value is -3.39. The quantitative estimate of drug-likeness (QED) is 0.440. The Labute approximate surface area is 159 Å². The van der Waals surface area contributed by atoms with E-state index in [9.17, 15) is 20.2 Å². The number of halogens is 1. The molecule has 0 unspecified atom stereocenters. The summed E-state index contributed by atoms with van der Waals surface area (Å²) in [5, 5.41) is 21.9. The molecule has 0 radical (unpaired) electrons. The fourth-order valence-corrected chi connectivity index (χ4v) is 3.02. The summed E-state index contributed by atoms with van der Waals surface area (Å²) < 4.78 is 0. The predicted octanol–water partition coefficient (Wildman–Crippen LogP) is 3.82. The van der Waals surface area contributed by atoms with Crippen molar-refractivity contribution in [3.63, 3.8) is 0 Å². The molecule has 8 nitrogen and oxygen atoms in total. The lowest BCUT2D eigenvalue weighted by atomic mass is 10.2. The first-order valence-electron chi connectivity index (χ1n) is 8.04. The zero-order chi connectivity index (χ0) is 19.4. The van der Waals surface area contributed by atoms with Crippen LogP contribution >= 0.6 is 11.6 Å². The van der Waals surface area contributed by atoms with Gasteiger partial charge in [0.2, 0.25) is 0 Å². The molecule has 0 atom stereocenters. The molecule has 1 heterocycles. The second-order valence-electron chi connectivity index (χ2n) is 5.66. The number of nitro groups is 2. The lowest BCUT2D eigenvalue weighted by Gasteiger charge is -2.24. The van der Waals surface area contributed by atoms with Crippen LogP contribution in [-0.2, 0) is 0 Å². The fourth-order valence-electron chi connectivity index (χ4n) is 2.92. The highest BCUT2D eigenvalue weighted by atomic mass is 35.5. The molecular formula is C18H15ClN4O4. The van der Waals surface area contributed by atoms with Gasteiger partial charge < -0.3 is 9.80 Å². The summed E-state index contributed by atoms with van der Waals surface area (Å²) >= 11 is 5.61. The van der Waals surface area contributed by atoms with Gasteiger partial charge in [0.1, 0.15) is 6.08 Å². The van der Waals surface area contributed by atoms with Crippen LogP contribution in [0.15, 0.2) is 83.4 Å². The van der Waals surface area contributed by atoms with Gasteiger partial charge >= 0.3 is 10.9 Å². The number of allylic oxidation sites excluding steroid dienone is 1. The highest BCUT2D eigenvalue weighted by Crippen LogP contribution is 2.33. The van der Waals surface area contributed by atoms with Crippen LogP contribution in [0.3, 0.4) is 0 Å². The predicted molar refractivity (Wildman–Crippen MR) is 103 cm³/mol. The summed E-state index contributed by atoms with van der Waals surface area (Å²) in [5.74, 6) is 0.234. The monoisotopic (exact) mass is 386 g/mol. The third-order valence-electron chi connectivity index (χ3n) is 4.05. The molecule has 0 spiro atoms. The van der Waals surface area contributed by atoms with Crippen LogP contribution in [0, 0.1) is 20.2 Å². The number of hydrogen-bond donors (Lipinski definition) is 0. The molecule has 1 aliphatic heterocycles. The lowest BCUT2D eigenvalue weighted by Crippen LogP contribution is -2.26. The van der Waals surface area contributed by atoms with Gasteiger partial charge in [-0.3, -0.25) is 20.2 Å². The number of nitrogens with zero attached hydrogens (tertiary/aromatic N) is 4. The van der Waals surface area contributed by atoms with Gasteiger partial charge in [0, 0.05) is 24.5 Å². The third-order valence-corrected chi connectivity index (χ3v) is 4.30. The van der Waals surface area contributed by atoms with Crippen molar-refractivity contribution in [3.8, 4) is 0 Å². The molecule has 0 N–H and O–H groups in total. The number of anilines is 2. The second kappa shape index (κ2) is 7.88. The van der Waals surface area contributed by atoms with Crippen molar-refractivity contribution in [2.24, 2.45) is 0 Å². The minimum atomic E-state index is -0.861. The molecule has 1 saturated heterocycles. The molecule has 1 fully saturated rings. The largest absolute Gasteiger partial charge is 0.344 e. The third kappa shape index (κ3) is 3.90. The maximum Gasteiger partial charge on any atom is 0.344 e. The smallest absolute Gasteiger partial charge is 0.320 e. The number of benzene rings is 2. The summed E-state index contributed by atoms with van der Waals surface area (Å²) in [6.45, 7) is 0.963. The first-order valence-corrected chi connectivity index (χ1v) is 8.42. The molecule has 2 aromatic carbocycles. The van der Waals surface area contributed by atoms with E-state index in [4.69, 9.17) is 11.6 Å². The molecule has 0 amide bonds. The van der Waals surface area contributed by atoms with Gasteiger partial charge in [-0.1, -0.05) is 36.4 Å². The van der Waals surface area contributed by atoms with Crippen molar-refractivity contribution in [1.82, 2.24) is 0 Å². The molecule has 2 aromatic rings. The lowest BCUT2D eigenvalue weighted by molar-refractivity contribution is -0.428. The number of hydrogen-bond acceptors (Lipinski definition) is 6. The first kappa shape index (κ1) is 18.4. The van der Waals surface area contributed by atoms with E-state index in [1.54, 1.807) is 9.80 Å². The van der Waals surface area contributed by atoms with E-state index in [0.29, 0.717) is 13.1 Å². The van der Waals surface area contributed by atoms with E-state index in [0.717, 1.165) is 17.5 Å². The Morgan fingerprint density at radius 3 is 1.67 bits per heavy atom. The van der Waals surface area contributed by atoms with Gasteiger partial charge in [-0.05, 0) is 35.9 Å². The van der Waals surface area contributed by atoms with Crippen LogP contribution in [0.4, 0.5) is 11.4 Å². The molecule has 3 rings (SSSR count). The topological polar surface area (TPSA) is 92.8 Å². The van der Waals surface area contributed by atoms with Crippen LogP contribution in [0.5, 0.6) is 0 Å². The summed E-state index contributed by atoms with van der Waals surface area (Å²) in [4.78, 5) is 24.7. The van der Waals surface area contributed by atoms with Crippen LogP contribution in [-0.4, -0.2) is 22.9 Å². The average Bonchev–Trinajstić information content (AvgIpc) is 3.11. The van der Waals surface area contributed by atoms with Crippen molar-refractivity contribution >= 4 is 23.0 Å². The van der Waals surface area contributed by atoms with Crippen LogP contribution in [0.25, 0.3) is 0 Å². The minimum Gasteiger partial charge on any atom is -0.320 e. The van der Waals surface area contributed by atoms with Gasteiger partial charge in [-0.25, -0.2) is 0 Å². The Morgan fingerprint density at radius 1 is 0.852 bits per heavy atom. The molecule has 1 aliphatic rings. The van der Waals surface area contributed by atoms with Crippen molar-refractivity contribution < 1.29 is 9.85 Å². The zero-order valence-electron chi connectivity index (χ0n) is 14.1. The molecule has 9 heteroatoms. The van der Waals surface area contributed by atoms with Gasteiger partial charge in [-0.15, -0.1) is 0 Å². The molecule has 138 valence electrons. The average molecular weight is 387 g/mol. The highest BCUT2D eigenvalue weighted by Gasteiger charge is 2.35. The zero-order valence-corrected chi connectivity index (χ0v) is 14.8. The molecular weight excluding hydrogens is 372 g/mol. The van der Waals surface area contributed by atoms with Gasteiger partial charge in [0.15, 0.2) is 5.82 Å². The number of para-hydroxylation sites is 2. The maximum absolute atomic E-state index is 11.8. The Kier molecular flexibility index (Phi) is 5.37. The van der Waals surface area contributed by atoms with E-state index >= 15 is 0 Å². The van der Waals surface area contributed by atoms with E-state index < -0.39 is 20.7 Å². The number of rotatable bonds is 5. The van der Waals surface area contributed by atoms with Crippen molar-refractivity contribution in [2.45, 2.75) is 0 Å². The van der Waals surface area contributed by atoms with E-state index in [1.807, 2.05) is 60.7 Å². The van der Waals surface area contributed by atoms with Crippen LogP contribution < -0.4 is 9.80 Å². The van der Waals surface area contributed by atoms with Crippen LogP contribution in [0.1, 0.15) is 0 Å². The van der Waals surface area contributed by atoms with Gasteiger partial charge in [0.05, 0.1) is 9.85 Å². The molecule has 0 bridgehead atoms. The highest BCUT2D eigenvalue weighted by molar-refractivity contribution is 6.28. The van der Waals surface area contributed by atoms with Crippen molar-refractivity contribution in [1.29, 1.82) is 0 Å². The van der Waals surface area contributed by atoms with Crippen LogP contribution in [0.2, 0.25) is 0 Å². The van der Waals surface area contributed by atoms with Crippen molar-refractivity contribution in [2.75, 3.05) is 22.9 Å².